The smallest absolute Gasteiger partial charge is 0.133 e. The SMILES string of the molecule is CCC(CCCO)SC#N. The fraction of sp³-hybridized carbons (Fsp3) is 0.857. The highest BCUT2D eigenvalue weighted by Crippen LogP contribution is 2.17. The third kappa shape index (κ3) is 4.66. The Labute approximate surface area is 66.2 Å². The van der Waals surface area contributed by atoms with E-state index in [1.165, 1.54) is 11.8 Å². The average molecular weight is 159 g/mol. The molecule has 0 saturated carbocycles. The van der Waals surface area contributed by atoms with E-state index in [1.54, 1.807) is 0 Å². The van der Waals surface area contributed by atoms with Gasteiger partial charge < -0.3 is 5.11 Å². The molecule has 0 rings (SSSR count). The molecule has 58 valence electrons. The molecular weight excluding hydrogens is 146 g/mol. The summed E-state index contributed by atoms with van der Waals surface area (Å²) in [5.41, 5.74) is 0. The Hall–Kier alpha value is -0.200. The molecule has 0 aliphatic carbocycles. The van der Waals surface area contributed by atoms with Crippen molar-refractivity contribution in [3.05, 3.63) is 0 Å². The number of aliphatic hydroxyl groups excluding tert-OH is 1. The highest BCUT2D eigenvalue weighted by molar-refractivity contribution is 8.04. The molecule has 2 nitrogen and oxygen atoms in total. The van der Waals surface area contributed by atoms with Gasteiger partial charge >= 0.3 is 0 Å². The van der Waals surface area contributed by atoms with Gasteiger partial charge in [0.1, 0.15) is 5.40 Å². The molecule has 0 aromatic rings. The average Bonchev–Trinajstić information content (AvgIpc) is 1.98. The van der Waals surface area contributed by atoms with Crippen LogP contribution in [-0.4, -0.2) is 17.0 Å². The Morgan fingerprint density at radius 2 is 2.40 bits per heavy atom. The van der Waals surface area contributed by atoms with Gasteiger partial charge in [-0.25, -0.2) is 0 Å². The van der Waals surface area contributed by atoms with Crippen LogP contribution in [0, 0.1) is 10.7 Å². The molecule has 0 aromatic heterocycles. The summed E-state index contributed by atoms with van der Waals surface area (Å²) in [5, 5.41) is 19.3. The maximum Gasteiger partial charge on any atom is 0.133 e. The zero-order valence-electron chi connectivity index (χ0n) is 6.21. The number of nitriles is 1. The number of hydrogen-bond donors (Lipinski definition) is 1. The first-order valence-electron chi connectivity index (χ1n) is 3.50. The van der Waals surface area contributed by atoms with Gasteiger partial charge in [-0.05, 0) is 31.0 Å². The lowest BCUT2D eigenvalue weighted by atomic mass is 10.2. The Kier molecular flexibility index (Phi) is 6.78. The van der Waals surface area contributed by atoms with Crippen molar-refractivity contribution in [3.63, 3.8) is 0 Å². The lowest BCUT2D eigenvalue weighted by Gasteiger charge is -2.06. The molecule has 0 saturated heterocycles. The van der Waals surface area contributed by atoms with E-state index in [-0.39, 0.29) is 6.61 Å². The van der Waals surface area contributed by atoms with Gasteiger partial charge in [0.15, 0.2) is 0 Å². The van der Waals surface area contributed by atoms with Gasteiger partial charge in [0.25, 0.3) is 0 Å². The van der Waals surface area contributed by atoms with Gasteiger partial charge in [0.2, 0.25) is 0 Å². The largest absolute Gasteiger partial charge is 0.396 e. The number of thioether (sulfide) groups is 1. The second-order valence-electron chi connectivity index (χ2n) is 2.11. The summed E-state index contributed by atoms with van der Waals surface area (Å²) in [6.45, 7) is 2.30. The second-order valence-corrected chi connectivity index (χ2v) is 3.19. The lowest BCUT2D eigenvalue weighted by Crippen LogP contribution is -2.00. The number of aliphatic hydroxyl groups is 1. The molecule has 0 radical (unpaired) electrons. The predicted molar refractivity (Wildman–Crippen MR) is 43.6 cm³/mol. The zero-order valence-corrected chi connectivity index (χ0v) is 7.02. The Morgan fingerprint density at radius 3 is 2.80 bits per heavy atom. The van der Waals surface area contributed by atoms with E-state index in [2.05, 4.69) is 12.3 Å². The van der Waals surface area contributed by atoms with E-state index >= 15 is 0 Å². The van der Waals surface area contributed by atoms with Crippen molar-refractivity contribution in [2.24, 2.45) is 0 Å². The van der Waals surface area contributed by atoms with Gasteiger partial charge in [0.05, 0.1) is 0 Å². The van der Waals surface area contributed by atoms with Crippen LogP contribution in [0.1, 0.15) is 26.2 Å². The third-order valence-electron chi connectivity index (χ3n) is 1.36. The molecule has 0 fully saturated rings. The molecule has 10 heavy (non-hydrogen) atoms. The van der Waals surface area contributed by atoms with Crippen LogP contribution < -0.4 is 0 Å². The number of hydrogen-bond acceptors (Lipinski definition) is 3. The summed E-state index contributed by atoms with van der Waals surface area (Å²) < 4.78 is 0. The van der Waals surface area contributed by atoms with E-state index in [1.807, 2.05) is 0 Å². The summed E-state index contributed by atoms with van der Waals surface area (Å²) >= 11 is 1.31. The lowest BCUT2D eigenvalue weighted by molar-refractivity contribution is 0.284. The normalized spacial score (nSPS) is 12.5. The van der Waals surface area contributed by atoms with Crippen LogP contribution in [0.5, 0.6) is 0 Å². The standard InChI is InChI=1S/C7H13NOS/c1-2-7(10-6-8)4-3-5-9/h7,9H,2-5H2,1H3. The van der Waals surface area contributed by atoms with Crippen LogP contribution in [0.3, 0.4) is 0 Å². The topological polar surface area (TPSA) is 44.0 Å². The van der Waals surface area contributed by atoms with Crippen molar-refractivity contribution in [2.45, 2.75) is 31.4 Å². The van der Waals surface area contributed by atoms with Crippen molar-refractivity contribution in [1.29, 1.82) is 5.26 Å². The first-order chi connectivity index (χ1) is 4.85. The molecule has 0 spiro atoms. The molecule has 0 aromatic carbocycles. The molecule has 0 bridgehead atoms. The van der Waals surface area contributed by atoms with Crippen LogP contribution in [-0.2, 0) is 0 Å². The van der Waals surface area contributed by atoms with Crippen molar-refractivity contribution in [1.82, 2.24) is 0 Å². The van der Waals surface area contributed by atoms with Crippen LogP contribution in [0.15, 0.2) is 0 Å². The van der Waals surface area contributed by atoms with Crippen LogP contribution in [0.25, 0.3) is 0 Å². The fourth-order valence-corrected chi connectivity index (χ4v) is 1.34. The molecule has 1 N–H and O–H groups in total. The molecule has 0 aliphatic heterocycles. The van der Waals surface area contributed by atoms with Gasteiger partial charge in [0, 0.05) is 11.9 Å². The second kappa shape index (κ2) is 6.91. The Bertz CT molecular complexity index is 111. The van der Waals surface area contributed by atoms with Crippen LogP contribution >= 0.6 is 11.8 Å². The van der Waals surface area contributed by atoms with E-state index in [9.17, 15) is 0 Å². The molecular formula is C7H13NOS. The van der Waals surface area contributed by atoms with Crippen molar-refractivity contribution in [2.75, 3.05) is 6.61 Å². The third-order valence-corrected chi connectivity index (χ3v) is 2.37. The fourth-order valence-electron chi connectivity index (χ4n) is 0.740. The van der Waals surface area contributed by atoms with Gasteiger partial charge in [-0.15, -0.1) is 0 Å². The Balaban J connectivity index is 3.32. The molecule has 0 amide bonds. The quantitative estimate of drug-likeness (QED) is 0.621. The van der Waals surface area contributed by atoms with E-state index in [0.717, 1.165) is 19.3 Å². The van der Waals surface area contributed by atoms with Crippen LogP contribution in [0.4, 0.5) is 0 Å². The minimum Gasteiger partial charge on any atom is -0.396 e. The minimum atomic E-state index is 0.239. The maximum absolute atomic E-state index is 8.49. The number of thiocyanates is 1. The number of rotatable bonds is 5. The monoisotopic (exact) mass is 159 g/mol. The zero-order chi connectivity index (χ0) is 7.82. The predicted octanol–water partition coefficient (Wildman–Crippen LogP) is 1.75. The molecule has 1 atom stereocenters. The first kappa shape index (κ1) is 9.80. The molecule has 3 heteroatoms. The minimum absolute atomic E-state index is 0.239. The van der Waals surface area contributed by atoms with Gasteiger partial charge in [-0.3, -0.25) is 0 Å². The molecule has 0 heterocycles. The maximum atomic E-state index is 8.49. The summed E-state index contributed by atoms with van der Waals surface area (Å²) in [6.07, 6.45) is 2.77. The van der Waals surface area contributed by atoms with Crippen molar-refractivity contribution in [3.8, 4) is 5.40 Å². The summed E-state index contributed by atoms with van der Waals surface area (Å²) in [7, 11) is 0. The molecule has 0 aliphatic rings. The van der Waals surface area contributed by atoms with E-state index in [0.29, 0.717) is 5.25 Å². The highest BCUT2D eigenvalue weighted by atomic mass is 32.2. The van der Waals surface area contributed by atoms with Gasteiger partial charge in [-0.1, -0.05) is 6.92 Å². The van der Waals surface area contributed by atoms with E-state index in [4.69, 9.17) is 10.4 Å². The van der Waals surface area contributed by atoms with Crippen LogP contribution in [0.2, 0.25) is 0 Å². The summed E-state index contributed by atoms with van der Waals surface area (Å²) in [5.74, 6) is 0. The summed E-state index contributed by atoms with van der Waals surface area (Å²) in [4.78, 5) is 0. The van der Waals surface area contributed by atoms with Gasteiger partial charge in [-0.2, -0.15) is 5.26 Å². The summed E-state index contributed by atoms with van der Waals surface area (Å²) in [6, 6.07) is 0. The number of nitrogens with zero attached hydrogens (tertiary/aromatic N) is 1. The first-order valence-corrected chi connectivity index (χ1v) is 4.38. The van der Waals surface area contributed by atoms with Crippen molar-refractivity contribution < 1.29 is 5.11 Å². The Morgan fingerprint density at radius 1 is 1.70 bits per heavy atom. The van der Waals surface area contributed by atoms with E-state index < -0.39 is 0 Å². The highest BCUT2D eigenvalue weighted by Gasteiger charge is 2.04. The molecule has 1 unspecified atom stereocenters. The van der Waals surface area contributed by atoms with Crippen molar-refractivity contribution >= 4 is 11.8 Å².